The summed E-state index contributed by atoms with van der Waals surface area (Å²) < 4.78 is 5.33. The number of nitrogens with one attached hydrogen (secondary N) is 1. The van der Waals surface area contributed by atoms with E-state index in [1.807, 2.05) is 12.1 Å². The average molecular weight is 328 g/mol. The molecule has 0 fully saturated rings. The van der Waals surface area contributed by atoms with Gasteiger partial charge in [-0.15, -0.1) is 0 Å². The minimum absolute atomic E-state index is 0.0806. The number of hydrogen-bond acceptors (Lipinski definition) is 4. The van der Waals surface area contributed by atoms with Crippen molar-refractivity contribution in [3.8, 4) is 0 Å². The van der Waals surface area contributed by atoms with Crippen LogP contribution in [-0.4, -0.2) is 29.6 Å². The van der Waals surface area contributed by atoms with Crippen molar-refractivity contribution in [3.63, 3.8) is 0 Å². The molecule has 1 aliphatic rings. The molecule has 1 aromatic carbocycles. The summed E-state index contributed by atoms with van der Waals surface area (Å²) in [5.41, 5.74) is 3.29. The molecule has 3 rings (SSSR count). The van der Waals surface area contributed by atoms with Crippen LogP contribution in [0.4, 0.5) is 5.69 Å². The van der Waals surface area contributed by atoms with Crippen LogP contribution in [0.15, 0.2) is 41.0 Å². The minimum Gasteiger partial charge on any atom is -0.481 e. The summed E-state index contributed by atoms with van der Waals surface area (Å²) in [5, 5.41) is 11.2. The highest BCUT2D eigenvalue weighted by molar-refractivity contribution is 5.93. The first-order chi connectivity index (χ1) is 11.6. The zero-order valence-corrected chi connectivity index (χ0v) is 13.5. The van der Waals surface area contributed by atoms with Crippen LogP contribution in [0.1, 0.15) is 35.0 Å². The Hall–Kier alpha value is -2.76. The molecule has 0 saturated carbocycles. The van der Waals surface area contributed by atoms with Crippen LogP contribution >= 0.6 is 0 Å². The van der Waals surface area contributed by atoms with Gasteiger partial charge in [0.15, 0.2) is 5.76 Å². The van der Waals surface area contributed by atoms with Gasteiger partial charge < -0.3 is 19.7 Å². The number of furan rings is 1. The van der Waals surface area contributed by atoms with Gasteiger partial charge in [-0.2, -0.15) is 0 Å². The molecule has 2 N–H and O–H groups in total. The number of carboxylic acids is 1. The lowest BCUT2D eigenvalue weighted by Crippen LogP contribution is -2.31. The quantitative estimate of drug-likeness (QED) is 0.851. The number of carbonyl (C=O) groups is 2. The molecule has 0 spiro atoms. The zero-order chi connectivity index (χ0) is 17.1. The number of anilines is 1. The van der Waals surface area contributed by atoms with E-state index in [9.17, 15) is 9.59 Å². The average Bonchev–Trinajstić information content (AvgIpc) is 3.12. The number of nitrogens with zero attached hydrogens (tertiary/aromatic N) is 1. The Balaban J connectivity index is 1.72. The second kappa shape index (κ2) is 6.78. The van der Waals surface area contributed by atoms with Crippen LogP contribution in [0, 0.1) is 0 Å². The second-order valence-corrected chi connectivity index (χ2v) is 5.98. The largest absolute Gasteiger partial charge is 0.481 e. The summed E-state index contributed by atoms with van der Waals surface area (Å²) in [7, 11) is 0. The Labute approximate surface area is 140 Å². The van der Waals surface area contributed by atoms with Gasteiger partial charge in [-0.3, -0.25) is 9.59 Å². The summed E-state index contributed by atoms with van der Waals surface area (Å²) in [6.45, 7) is 2.82. The minimum atomic E-state index is -0.947. The van der Waals surface area contributed by atoms with Gasteiger partial charge in [-0.1, -0.05) is 18.2 Å². The van der Waals surface area contributed by atoms with Gasteiger partial charge in [0.05, 0.1) is 12.7 Å². The predicted octanol–water partition coefficient (Wildman–Crippen LogP) is 2.44. The second-order valence-electron chi connectivity index (χ2n) is 5.98. The standard InChI is InChI=1S/C18H20N2O4/c1-12-10-13-4-2-3-5-15(13)20(12)11-14-7-9-24-17(14)18(23)19-8-6-16(21)22/h2-5,7,9,12H,6,8,10-11H2,1H3,(H,19,23)(H,21,22)/t12-/m1/s1. The Bertz CT molecular complexity index is 753. The number of benzene rings is 1. The Kier molecular flexibility index (Phi) is 4.55. The number of rotatable bonds is 6. The van der Waals surface area contributed by atoms with Crippen molar-refractivity contribution in [1.29, 1.82) is 0 Å². The summed E-state index contributed by atoms with van der Waals surface area (Å²) in [4.78, 5) is 25.0. The number of hydrogen-bond donors (Lipinski definition) is 2. The van der Waals surface area contributed by atoms with Gasteiger partial charge in [0.2, 0.25) is 0 Å². The van der Waals surface area contributed by atoms with Crippen LogP contribution in [0.2, 0.25) is 0 Å². The monoisotopic (exact) mass is 328 g/mol. The van der Waals surface area contributed by atoms with E-state index >= 15 is 0 Å². The smallest absolute Gasteiger partial charge is 0.305 e. The third-order valence-corrected chi connectivity index (χ3v) is 4.27. The Morgan fingerprint density at radius 3 is 2.92 bits per heavy atom. The predicted molar refractivity (Wildman–Crippen MR) is 89.1 cm³/mol. The van der Waals surface area contributed by atoms with Crippen molar-refractivity contribution >= 4 is 17.6 Å². The number of carboxylic acid groups (broad SMARTS) is 1. The third kappa shape index (κ3) is 3.27. The van der Waals surface area contributed by atoms with E-state index in [1.54, 1.807) is 6.07 Å². The van der Waals surface area contributed by atoms with Crippen molar-refractivity contribution in [1.82, 2.24) is 5.32 Å². The van der Waals surface area contributed by atoms with Gasteiger partial charge in [-0.05, 0) is 31.0 Å². The molecule has 1 amide bonds. The number of carbonyl (C=O) groups excluding carboxylic acids is 1. The maximum absolute atomic E-state index is 12.2. The first-order valence-electron chi connectivity index (χ1n) is 7.97. The summed E-state index contributed by atoms with van der Waals surface area (Å²) in [6.07, 6.45) is 2.36. The molecule has 1 atom stereocenters. The topological polar surface area (TPSA) is 82.8 Å². The molecular weight excluding hydrogens is 308 g/mol. The molecule has 0 radical (unpaired) electrons. The van der Waals surface area contributed by atoms with E-state index in [0.717, 1.165) is 12.0 Å². The first kappa shape index (κ1) is 16.1. The van der Waals surface area contributed by atoms with Gasteiger partial charge in [-0.25, -0.2) is 0 Å². The Morgan fingerprint density at radius 1 is 1.33 bits per heavy atom. The van der Waals surface area contributed by atoms with Gasteiger partial charge in [0, 0.05) is 30.4 Å². The van der Waals surface area contributed by atoms with Crippen LogP contribution in [0.3, 0.4) is 0 Å². The molecule has 6 heteroatoms. The molecule has 1 aromatic heterocycles. The van der Waals surface area contributed by atoms with E-state index in [4.69, 9.17) is 9.52 Å². The number of aliphatic carboxylic acids is 1. The van der Waals surface area contributed by atoms with Gasteiger partial charge >= 0.3 is 5.97 Å². The highest BCUT2D eigenvalue weighted by Gasteiger charge is 2.27. The van der Waals surface area contributed by atoms with E-state index in [2.05, 4.69) is 29.3 Å². The molecule has 0 aliphatic carbocycles. The molecule has 0 unspecified atom stereocenters. The summed E-state index contributed by atoms with van der Waals surface area (Å²) in [6, 6.07) is 10.4. The van der Waals surface area contributed by atoms with E-state index in [1.165, 1.54) is 17.5 Å². The van der Waals surface area contributed by atoms with Crippen molar-refractivity contribution in [2.24, 2.45) is 0 Å². The number of amides is 1. The number of fused-ring (bicyclic) bond motifs is 1. The third-order valence-electron chi connectivity index (χ3n) is 4.27. The first-order valence-corrected chi connectivity index (χ1v) is 7.97. The highest BCUT2D eigenvalue weighted by atomic mass is 16.4. The van der Waals surface area contributed by atoms with Crippen molar-refractivity contribution < 1.29 is 19.1 Å². The van der Waals surface area contributed by atoms with Crippen LogP contribution in [0.5, 0.6) is 0 Å². The SMILES string of the molecule is C[C@@H]1Cc2ccccc2N1Cc1ccoc1C(=O)NCCC(=O)O. The van der Waals surface area contributed by atoms with Gasteiger partial charge in [0.25, 0.3) is 5.91 Å². The summed E-state index contributed by atoms with van der Waals surface area (Å²) >= 11 is 0. The fraction of sp³-hybridized carbons (Fsp3) is 0.333. The van der Waals surface area contributed by atoms with E-state index < -0.39 is 5.97 Å². The van der Waals surface area contributed by atoms with E-state index in [0.29, 0.717) is 12.6 Å². The maximum Gasteiger partial charge on any atom is 0.305 e. The van der Waals surface area contributed by atoms with Crippen molar-refractivity contribution in [2.45, 2.75) is 32.4 Å². The Morgan fingerprint density at radius 2 is 2.12 bits per heavy atom. The molecule has 2 heterocycles. The van der Waals surface area contributed by atoms with Crippen molar-refractivity contribution in [3.05, 3.63) is 53.5 Å². The molecule has 1 aliphatic heterocycles. The molecule has 0 saturated heterocycles. The van der Waals surface area contributed by atoms with Gasteiger partial charge in [0.1, 0.15) is 0 Å². The highest BCUT2D eigenvalue weighted by Crippen LogP contribution is 2.33. The van der Waals surface area contributed by atoms with Crippen LogP contribution in [-0.2, 0) is 17.8 Å². The summed E-state index contributed by atoms with van der Waals surface area (Å²) in [5.74, 6) is -1.08. The maximum atomic E-state index is 12.2. The van der Waals surface area contributed by atoms with E-state index in [-0.39, 0.29) is 24.6 Å². The van der Waals surface area contributed by atoms with Crippen LogP contribution in [0.25, 0.3) is 0 Å². The molecule has 126 valence electrons. The zero-order valence-electron chi connectivity index (χ0n) is 13.5. The molecular formula is C18H20N2O4. The van der Waals surface area contributed by atoms with Crippen molar-refractivity contribution in [2.75, 3.05) is 11.4 Å². The van der Waals surface area contributed by atoms with Crippen LogP contribution < -0.4 is 10.2 Å². The fourth-order valence-corrected chi connectivity index (χ4v) is 3.08. The molecule has 24 heavy (non-hydrogen) atoms. The lowest BCUT2D eigenvalue weighted by atomic mass is 10.1. The fourth-order valence-electron chi connectivity index (χ4n) is 3.08. The lowest BCUT2D eigenvalue weighted by Gasteiger charge is -2.24. The normalized spacial score (nSPS) is 16.0. The molecule has 0 bridgehead atoms. The molecule has 6 nitrogen and oxygen atoms in total. The lowest BCUT2D eigenvalue weighted by molar-refractivity contribution is -0.136. The number of para-hydroxylation sites is 1. The molecule has 2 aromatic rings.